The summed E-state index contributed by atoms with van der Waals surface area (Å²) in [5.41, 5.74) is 0.522. The molecule has 0 fully saturated rings. The molecule has 0 atom stereocenters. The minimum Gasteiger partial charge on any atom is -0.0774 e. The average molecular weight is 138 g/mol. The predicted octanol–water partition coefficient (Wildman–Crippen LogP) is 3.24. The van der Waals surface area contributed by atoms with Crippen LogP contribution >= 0.6 is 0 Å². The Morgan fingerprint density at radius 2 is 1.60 bits per heavy atom. The third-order valence-electron chi connectivity index (χ3n) is 2.43. The molecule has 1 aliphatic carbocycles. The molecule has 1 rings (SSSR count). The smallest absolute Gasteiger partial charge is 0.00870 e. The van der Waals surface area contributed by atoms with Crippen LogP contribution in [0.3, 0.4) is 0 Å². The zero-order valence-electron chi connectivity index (χ0n) is 7.52. The van der Waals surface area contributed by atoms with Gasteiger partial charge < -0.3 is 0 Å². The van der Waals surface area contributed by atoms with E-state index in [-0.39, 0.29) is 0 Å². The molecule has 0 spiro atoms. The third kappa shape index (κ3) is 1.42. The lowest BCUT2D eigenvalue weighted by molar-refractivity contribution is 0.328. The van der Waals surface area contributed by atoms with Crippen molar-refractivity contribution in [3.8, 4) is 0 Å². The van der Waals surface area contributed by atoms with Crippen molar-refractivity contribution in [1.82, 2.24) is 0 Å². The van der Waals surface area contributed by atoms with E-state index in [0.29, 0.717) is 5.41 Å². The van der Waals surface area contributed by atoms with Crippen molar-refractivity contribution in [2.75, 3.05) is 0 Å². The van der Waals surface area contributed by atoms with Crippen LogP contribution in [0.2, 0.25) is 0 Å². The summed E-state index contributed by atoms with van der Waals surface area (Å²) in [4.78, 5) is 0. The molecule has 0 aliphatic heterocycles. The van der Waals surface area contributed by atoms with E-state index in [0.717, 1.165) is 11.8 Å². The second-order valence-electron chi connectivity index (χ2n) is 4.20. The molecular weight excluding hydrogens is 120 g/mol. The molecule has 0 amide bonds. The summed E-state index contributed by atoms with van der Waals surface area (Å²) in [5, 5.41) is 0. The van der Waals surface area contributed by atoms with Crippen LogP contribution in [-0.4, -0.2) is 0 Å². The van der Waals surface area contributed by atoms with Gasteiger partial charge in [-0.3, -0.25) is 0 Å². The Kier molecular flexibility index (Phi) is 1.89. The van der Waals surface area contributed by atoms with Crippen LogP contribution in [0.4, 0.5) is 0 Å². The minimum atomic E-state index is 0.522. The van der Waals surface area contributed by atoms with Gasteiger partial charge in [0.25, 0.3) is 0 Å². The summed E-state index contributed by atoms with van der Waals surface area (Å²) in [6, 6.07) is 0. The molecule has 10 heavy (non-hydrogen) atoms. The fraction of sp³-hybridized carbons (Fsp3) is 0.800. The highest BCUT2D eigenvalue weighted by molar-refractivity contribution is 5.27. The van der Waals surface area contributed by atoms with Crippen LogP contribution in [0.25, 0.3) is 0 Å². The van der Waals surface area contributed by atoms with Crippen molar-refractivity contribution in [2.24, 2.45) is 17.3 Å². The van der Waals surface area contributed by atoms with Gasteiger partial charge in [0, 0.05) is 5.41 Å². The van der Waals surface area contributed by atoms with E-state index >= 15 is 0 Å². The fourth-order valence-corrected chi connectivity index (χ4v) is 1.57. The van der Waals surface area contributed by atoms with Crippen LogP contribution < -0.4 is 0 Å². The molecule has 0 radical (unpaired) electrons. The first-order chi connectivity index (χ1) is 4.57. The molecule has 0 saturated heterocycles. The summed E-state index contributed by atoms with van der Waals surface area (Å²) in [6.07, 6.45) is 6.06. The first-order valence-electron chi connectivity index (χ1n) is 4.27. The van der Waals surface area contributed by atoms with Crippen LogP contribution in [0.15, 0.2) is 12.2 Å². The molecule has 0 N–H and O–H groups in total. The molecule has 0 bridgehead atoms. The summed E-state index contributed by atoms with van der Waals surface area (Å²) >= 11 is 0. The van der Waals surface area contributed by atoms with E-state index in [1.807, 2.05) is 0 Å². The average Bonchev–Trinajstić information content (AvgIpc) is 2.46. The molecule has 58 valence electrons. The second-order valence-corrected chi connectivity index (χ2v) is 4.20. The maximum absolute atomic E-state index is 2.36. The van der Waals surface area contributed by atoms with E-state index in [1.165, 1.54) is 6.42 Å². The van der Waals surface area contributed by atoms with Gasteiger partial charge in [0.05, 0.1) is 0 Å². The number of allylic oxidation sites excluding steroid dienone is 2. The minimum absolute atomic E-state index is 0.522. The summed E-state index contributed by atoms with van der Waals surface area (Å²) in [6.45, 7) is 9.21. The number of hydrogen-bond acceptors (Lipinski definition) is 0. The topological polar surface area (TPSA) is 0 Å². The Balaban J connectivity index is 2.39. The summed E-state index contributed by atoms with van der Waals surface area (Å²) in [7, 11) is 0. The van der Waals surface area contributed by atoms with Crippen LogP contribution in [0, 0.1) is 17.3 Å². The molecular formula is C10H18. The molecule has 0 aromatic carbocycles. The lowest BCUT2D eigenvalue weighted by Gasteiger charge is -2.22. The Bertz CT molecular complexity index is 134. The second kappa shape index (κ2) is 2.41. The van der Waals surface area contributed by atoms with Crippen LogP contribution in [-0.2, 0) is 0 Å². The highest BCUT2D eigenvalue weighted by Gasteiger charge is 2.37. The Hall–Kier alpha value is -0.260. The van der Waals surface area contributed by atoms with Gasteiger partial charge in [-0.2, -0.15) is 0 Å². The van der Waals surface area contributed by atoms with Gasteiger partial charge in [-0.25, -0.2) is 0 Å². The highest BCUT2D eigenvalue weighted by Crippen LogP contribution is 2.47. The van der Waals surface area contributed by atoms with Gasteiger partial charge in [-0.05, 0) is 18.3 Å². The molecule has 0 aromatic heterocycles. The maximum atomic E-state index is 2.36. The van der Waals surface area contributed by atoms with Crippen molar-refractivity contribution in [2.45, 2.75) is 34.1 Å². The maximum Gasteiger partial charge on any atom is 0.00870 e. The van der Waals surface area contributed by atoms with E-state index in [4.69, 9.17) is 0 Å². The largest absolute Gasteiger partial charge is 0.0774 e. The van der Waals surface area contributed by atoms with Gasteiger partial charge in [-0.1, -0.05) is 39.8 Å². The Morgan fingerprint density at radius 3 is 1.70 bits per heavy atom. The standard InChI is InChI=1S/C10H18/c1-8(2)7-10(5-6-10)9(3)4/h5-6,8-9H,7H2,1-4H3. The van der Waals surface area contributed by atoms with Gasteiger partial charge in [0.1, 0.15) is 0 Å². The first-order valence-corrected chi connectivity index (χ1v) is 4.27. The van der Waals surface area contributed by atoms with Crippen LogP contribution in [0.1, 0.15) is 34.1 Å². The molecule has 0 heteroatoms. The zero-order chi connectivity index (χ0) is 7.78. The normalized spacial score (nSPS) is 20.6. The van der Waals surface area contributed by atoms with E-state index in [1.54, 1.807) is 0 Å². The predicted molar refractivity (Wildman–Crippen MR) is 45.9 cm³/mol. The Morgan fingerprint density at radius 1 is 1.10 bits per heavy atom. The Labute approximate surface area is 64.3 Å². The molecule has 0 heterocycles. The molecule has 1 aliphatic rings. The fourth-order valence-electron chi connectivity index (χ4n) is 1.57. The van der Waals surface area contributed by atoms with Crippen LogP contribution in [0.5, 0.6) is 0 Å². The van der Waals surface area contributed by atoms with E-state index < -0.39 is 0 Å². The van der Waals surface area contributed by atoms with E-state index in [2.05, 4.69) is 39.8 Å². The van der Waals surface area contributed by atoms with Crippen molar-refractivity contribution in [3.63, 3.8) is 0 Å². The number of hydrogen-bond donors (Lipinski definition) is 0. The van der Waals surface area contributed by atoms with E-state index in [9.17, 15) is 0 Å². The lowest BCUT2D eigenvalue weighted by Crippen LogP contribution is -2.13. The van der Waals surface area contributed by atoms with Crippen molar-refractivity contribution >= 4 is 0 Å². The molecule has 0 unspecified atom stereocenters. The van der Waals surface area contributed by atoms with Gasteiger partial charge in [-0.15, -0.1) is 0 Å². The van der Waals surface area contributed by atoms with Crippen molar-refractivity contribution in [3.05, 3.63) is 12.2 Å². The molecule has 0 nitrogen and oxygen atoms in total. The first kappa shape index (κ1) is 7.84. The van der Waals surface area contributed by atoms with Crippen molar-refractivity contribution < 1.29 is 0 Å². The summed E-state index contributed by atoms with van der Waals surface area (Å²) in [5.74, 6) is 1.63. The zero-order valence-corrected chi connectivity index (χ0v) is 7.52. The summed E-state index contributed by atoms with van der Waals surface area (Å²) < 4.78 is 0. The van der Waals surface area contributed by atoms with Gasteiger partial charge in [0.2, 0.25) is 0 Å². The highest BCUT2D eigenvalue weighted by atomic mass is 14.4. The molecule has 0 saturated carbocycles. The SMILES string of the molecule is CC(C)CC1(C(C)C)C=C1. The lowest BCUT2D eigenvalue weighted by atomic mass is 9.82. The third-order valence-corrected chi connectivity index (χ3v) is 2.43. The monoisotopic (exact) mass is 138 g/mol. The van der Waals surface area contributed by atoms with Crippen molar-refractivity contribution in [1.29, 1.82) is 0 Å². The molecule has 0 aromatic rings. The number of rotatable bonds is 3. The van der Waals surface area contributed by atoms with Gasteiger partial charge in [0.15, 0.2) is 0 Å². The van der Waals surface area contributed by atoms with Gasteiger partial charge >= 0.3 is 0 Å². The quantitative estimate of drug-likeness (QED) is 0.525.